The standard InChI is InChI=1S/C80H152O17P2/c1-8-9-10-11-12-13-14-15-17-21-27-32-40-47-54-61-77(82)90-67-75(96-79(84)63-56-49-42-33-28-22-19-16-18-20-25-30-37-44-51-58-71(2)3)69-94-98(86,87)92-65-74(81)66-93-99(88,89)95-70-76(68-91-78(83)62-55-48-41-36-35-39-46-53-60-73(6)7)97-80(85)64-57-50-43-34-29-24-23-26-31-38-45-52-59-72(4)5/h13-15,17,71-76,81H,8-12,16,18-70H2,1-7H3,(H,86,87)(H,88,89)/b14-13-,17-15-/t74-,75-,76-/m1/s1. The van der Waals surface area contributed by atoms with Crippen LogP contribution in [0.5, 0.6) is 0 Å². The monoisotopic (exact) mass is 1450 g/mol. The molecule has 17 nitrogen and oxygen atoms in total. The molecule has 0 aliphatic rings. The van der Waals surface area contributed by atoms with Gasteiger partial charge in [-0.2, -0.15) is 0 Å². The molecule has 0 spiro atoms. The highest BCUT2D eigenvalue weighted by atomic mass is 31.2. The molecule has 0 fully saturated rings. The normalized spacial score (nSPS) is 14.2. The van der Waals surface area contributed by atoms with Crippen LogP contribution in [-0.2, 0) is 65.4 Å². The minimum atomic E-state index is -4.97. The lowest BCUT2D eigenvalue weighted by molar-refractivity contribution is -0.161. The van der Waals surface area contributed by atoms with Crippen LogP contribution in [0.25, 0.3) is 0 Å². The van der Waals surface area contributed by atoms with Gasteiger partial charge in [-0.05, 0) is 69.1 Å². The van der Waals surface area contributed by atoms with Gasteiger partial charge in [0.25, 0.3) is 0 Å². The van der Waals surface area contributed by atoms with Crippen LogP contribution >= 0.6 is 15.6 Å². The number of allylic oxidation sites excluding steroid dienone is 4. The fourth-order valence-electron chi connectivity index (χ4n) is 11.8. The van der Waals surface area contributed by atoms with Gasteiger partial charge in [-0.1, -0.05) is 336 Å². The SMILES string of the molecule is CCCCCC/C=C\C=C/CCCCCCCC(=O)OC[C@H](COP(=O)(O)OC[C@@H](O)COP(=O)(O)OC[C@@H](COC(=O)CCCCCCCCCCC(C)C)OC(=O)CCCCCCCCCCCCCCC(C)C)OC(=O)CCCCCCCCCCCCCCCCCC(C)C. The molecule has 99 heavy (non-hydrogen) atoms. The van der Waals surface area contributed by atoms with Crippen molar-refractivity contribution >= 4 is 39.5 Å². The van der Waals surface area contributed by atoms with Crippen LogP contribution in [0, 0.1) is 17.8 Å². The third kappa shape index (κ3) is 73.6. The van der Waals surface area contributed by atoms with Crippen molar-refractivity contribution < 1.29 is 80.2 Å². The first kappa shape index (κ1) is 96.5. The van der Waals surface area contributed by atoms with Crippen molar-refractivity contribution in [2.45, 2.75) is 407 Å². The van der Waals surface area contributed by atoms with Crippen LogP contribution in [-0.4, -0.2) is 96.7 Å². The highest BCUT2D eigenvalue weighted by molar-refractivity contribution is 7.47. The number of carbonyl (C=O) groups excluding carboxylic acids is 4. The van der Waals surface area contributed by atoms with E-state index in [9.17, 15) is 43.2 Å². The number of unbranched alkanes of at least 4 members (excludes halogenated alkanes) is 41. The van der Waals surface area contributed by atoms with E-state index in [0.717, 1.165) is 127 Å². The maximum Gasteiger partial charge on any atom is 0.472 e. The van der Waals surface area contributed by atoms with Gasteiger partial charge in [0.1, 0.15) is 19.3 Å². The number of hydrogen-bond acceptors (Lipinski definition) is 15. The summed E-state index contributed by atoms with van der Waals surface area (Å²) >= 11 is 0. The molecule has 3 N–H and O–H groups in total. The van der Waals surface area contributed by atoms with Crippen molar-refractivity contribution in [3.8, 4) is 0 Å². The van der Waals surface area contributed by atoms with Crippen LogP contribution < -0.4 is 0 Å². The molecule has 19 heteroatoms. The van der Waals surface area contributed by atoms with E-state index in [1.165, 1.54) is 180 Å². The maximum absolute atomic E-state index is 13.1. The number of phosphoric acid groups is 2. The summed E-state index contributed by atoms with van der Waals surface area (Å²) in [6.45, 7) is 11.9. The Kier molecular flexibility index (Phi) is 68.1. The quantitative estimate of drug-likeness (QED) is 0.0169. The molecule has 0 aliphatic heterocycles. The Morgan fingerprint density at radius 2 is 0.545 bits per heavy atom. The summed E-state index contributed by atoms with van der Waals surface area (Å²) in [5, 5.41) is 10.6. The highest BCUT2D eigenvalue weighted by Gasteiger charge is 2.30. The summed E-state index contributed by atoms with van der Waals surface area (Å²) in [6.07, 6.45) is 60.4. The van der Waals surface area contributed by atoms with E-state index < -0.39 is 97.5 Å². The van der Waals surface area contributed by atoms with Gasteiger partial charge in [-0.3, -0.25) is 37.3 Å². The minimum absolute atomic E-state index is 0.101. The zero-order chi connectivity index (χ0) is 73.0. The maximum atomic E-state index is 13.1. The second-order valence-electron chi connectivity index (χ2n) is 29.5. The van der Waals surface area contributed by atoms with Crippen molar-refractivity contribution in [1.82, 2.24) is 0 Å². The lowest BCUT2D eigenvalue weighted by Gasteiger charge is -2.21. The Morgan fingerprint density at radius 3 is 0.818 bits per heavy atom. The number of hydrogen-bond donors (Lipinski definition) is 3. The molecule has 0 aromatic carbocycles. The van der Waals surface area contributed by atoms with E-state index in [2.05, 4.69) is 72.8 Å². The summed E-state index contributed by atoms with van der Waals surface area (Å²) < 4.78 is 68.6. The molecular formula is C80H152O17P2. The zero-order valence-electron chi connectivity index (χ0n) is 64.4. The first-order valence-corrected chi connectivity index (χ1v) is 43.7. The van der Waals surface area contributed by atoms with Crippen LogP contribution in [0.15, 0.2) is 24.3 Å². The van der Waals surface area contributed by atoms with Gasteiger partial charge < -0.3 is 33.8 Å². The second kappa shape index (κ2) is 69.9. The number of aliphatic hydroxyl groups is 1. The van der Waals surface area contributed by atoms with Crippen molar-refractivity contribution in [2.24, 2.45) is 17.8 Å². The summed E-state index contributed by atoms with van der Waals surface area (Å²) in [5.41, 5.74) is 0. The molecule has 0 saturated carbocycles. The lowest BCUT2D eigenvalue weighted by atomic mass is 10.0. The van der Waals surface area contributed by atoms with E-state index in [0.29, 0.717) is 25.7 Å². The zero-order valence-corrected chi connectivity index (χ0v) is 66.2. The minimum Gasteiger partial charge on any atom is -0.462 e. The Morgan fingerprint density at radius 1 is 0.313 bits per heavy atom. The molecule has 0 bridgehead atoms. The number of esters is 4. The van der Waals surface area contributed by atoms with Crippen molar-refractivity contribution in [2.75, 3.05) is 39.6 Å². The van der Waals surface area contributed by atoms with Crippen LogP contribution in [0.4, 0.5) is 0 Å². The summed E-state index contributed by atoms with van der Waals surface area (Å²) in [4.78, 5) is 73.0. The van der Waals surface area contributed by atoms with Gasteiger partial charge in [-0.25, -0.2) is 9.13 Å². The third-order valence-electron chi connectivity index (χ3n) is 18.0. The first-order valence-electron chi connectivity index (χ1n) is 40.7. The van der Waals surface area contributed by atoms with Crippen molar-refractivity contribution in [1.29, 1.82) is 0 Å². The lowest BCUT2D eigenvalue weighted by Crippen LogP contribution is -2.30. The van der Waals surface area contributed by atoms with Crippen molar-refractivity contribution in [3.63, 3.8) is 0 Å². The number of phosphoric ester groups is 2. The van der Waals surface area contributed by atoms with E-state index >= 15 is 0 Å². The topological polar surface area (TPSA) is 237 Å². The van der Waals surface area contributed by atoms with Gasteiger partial charge in [-0.15, -0.1) is 0 Å². The fourth-order valence-corrected chi connectivity index (χ4v) is 13.3. The smallest absolute Gasteiger partial charge is 0.462 e. The number of ether oxygens (including phenoxy) is 4. The second-order valence-corrected chi connectivity index (χ2v) is 32.5. The largest absolute Gasteiger partial charge is 0.472 e. The molecular weight excluding hydrogens is 1290 g/mol. The van der Waals surface area contributed by atoms with Gasteiger partial charge in [0.15, 0.2) is 12.2 Å². The predicted molar refractivity (Wildman–Crippen MR) is 404 cm³/mol. The number of rotatable bonds is 76. The predicted octanol–water partition coefficient (Wildman–Crippen LogP) is 23.3. The van der Waals surface area contributed by atoms with E-state index in [1.807, 2.05) is 0 Å². The molecule has 0 aliphatic carbocycles. The molecule has 0 aromatic heterocycles. The van der Waals surface area contributed by atoms with Crippen LogP contribution in [0.2, 0.25) is 0 Å². The van der Waals surface area contributed by atoms with E-state index in [-0.39, 0.29) is 25.7 Å². The van der Waals surface area contributed by atoms with E-state index in [1.54, 1.807) is 0 Å². The molecule has 0 aromatic rings. The van der Waals surface area contributed by atoms with Gasteiger partial charge in [0.05, 0.1) is 26.4 Å². The summed E-state index contributed by atoms with van der Waals surface area (Å²) in [6, 6.07) is 0. The molecule has 0 saturated heterocycles. The van der Waals surface area contributed by atoms with Crippen molar-refractivity contribution in [3.05, 3.63) is 24.3 Å². The molecule has 0 heterocycles. The van der Waals surface area contributed by atoms with Crippen LogP contribution in [0.1, 0.15) is 389 Å². The summed E-state index contributed by atoms with van der Waals surface area (Å²) in [5.74, 6) is 0.158. The number of carbonyl (C=O) groups is 4. The fraction of sp³-hybridized carbons (Fsp3) is 0.900. The number of aliphatic hydroxyl groups excluding tert-OH is 1. The summed E-state index contributed by atoms with van der Waals surface area (Å²) in [7, 11) is -9.93. The van der Waals surface area contributed by atoms with Crippen LogP contribution in [0.3, 0.4) is 0 Å². The molecule has 2 unspecified atom stereocenters. The Bertz CT molecular complexity index is 2020. The van der Waals surface area contributed by atoms with E-state index in [4.69, 9.17) is 37.0 Å². The highest BCUT2D eigenvalue weighted by Crippen LogP contribution is 2.45. The first-order chi connectivity index (χ1) is 47.7. The average molecular weight is 1450 g/mol. The Balaban J connectivity index is 5.29. The average Bonchev–Trinajstić information content (AvgIpc) is 1.12. The van der Waals surface area contributed by atoms with Gasteiger partial charge in [0, 0.05) is 25.7 Å². The van der Waals surface area contributed by atoms with Gasteiger partial charge in [0.2, 0.25) is 0 Å². The molecule has 0 radical (unpaired) electrons. The third-order valence-corrected chi connectivity index (χ3v) is 19.9. The molecule has 0 amide bonds. The van der Waals surface area contributed by atoms with Gasteiger partial charge >= 0.3 is 39.5 Å². The molecule has 0 rings (SSSR count). The Hall–Kier alpha value is -2.46. The Labute approximate surface area is 605 Å². The molecule has 5 atom stereocenters. The molecule has 584 valence electrons.